The Bertz CT molecular complexity index is 97.7. The van der Waals surface area contributed by atoms with Crippen LogP contribution < -0.4 is 0 Å². The summed E-state index contributed by atoms with van der Waals surface area (Å²) in [5.74, 6) is 0. The molecular formula is C2HN2O2. The first-order chi connectivity index (χ1) is 2.89. The van der Waals surface area contributed by atoms with Crippen LogP contribution in [-0.2, 0) is 4.74 Å². The molecule has 1 amide bonds. The van der Waals surface area contributed by atoms with Crippen LogP contribution in [0.2, 0.25) is 0 Å². The summed E-state index contributed by atoms with van der Waals surface area (Å²) in [4.78, 5) is 9.73. The fourth-order valence-electron chi connectivity index (χ4n) is 0.163. The molecule has 0 aliphatic carbocycles. The van der Waals surface area contributed by atoms with Crippen LogP contribution in [-0.4, -0.2) is 6.09 Å². The Morgan fingerprint density at radius 3 is 2.83 bits per heavy atom. The van der Waals surface area contributed by atoms with Crippen LogP contribution in [0.15, 0.2) is 10.2 Å². The van der Waals surface area contributed by atoms with E-state index in [1.54, 1.807) is 0 Å². The molecule has 4 heteroatoms. The molecular weight excluding hydrogens is 84.0 g/mol. The van der Waals surface area contributed by atoms with Gasteiger partial charge in [0.1, 0.15) is 0 Å². The van der Waals surface area contributed by atoms with Crippen LogP contribution in [0.1, 0.15) is 0 Å². The van der Waals surface area contributed by atoms with Gasteiger partial charge in [0, 0.05) is 0 Å². The molecule has 0 aromatic heterocycles. The first kappa shape index (κ1) is 3.27. The Balaban J connectivity index is 2.59. The number of carbonyl (C=O) groups excluding carboxylic acids is 1. The molecule has 4 nitrogen and oxygen atoms in total. The van der Waals surface area contributed by atoms with Gasteiger partial charge in [-0.15, -0.1) is 5.11 Å². The van der Waals surface area contributed by atoms with Crippen molar-refractivity contribution in [3.8, 4) is 0 Å². The Hall–Kier alpha value is -0.930. The van der Waals surface area contributed by atoms with E-state index in [9.17, 15) is 4.79 Å². The average Bonchev–Trinajstić information content (AvgIpc) is 1.86. The van der Waals surface area contributed by atoms with Crippen molar-refractivity contribution in [3.05, 3.63) is 6.73 Å². The second-order valence-corrected chi connectivity index (χ2v) is 0.705. The number of nitrogens with zero attached hydrogens (tertiary/aromatic N) is 2. The van der Waals surface area contributed by atoms with E-state index in [1.165, 1.54) is 0 Å². The summed E-state index contributed by atoms with van der Waals surface area (Å²) in [7, 11) is 0. The van der Waals surface area contributed by atoms with E-state index >= 15 is 0 Å². The quantitative estimate of drug-likeness (QED) is 0.435. The number of azo groups is 1. The topological polar surface area (TPSA) is 51.0 Å². The maximum absolute atomic E-state index is 9.73. The number of hydrogen-bond acceptors (Lipinski definition) is 3. The first-order valence-corrected chi connectivity index (χ1v) is 1.33. The summed E-state index contributed by atoms with van der Waals surface area (Å²) in [6.45, 7) is 0.988. The van der Waals surface area contributed by atoms with E-state index in [0.29, 0.717) is 0 Å². The highest BCUT2D eigenvalue weighted by molar-refractivity contribution is 5.69. The van der Waals surface area contributed by atoms with E-state index in [2.05, 4.69) is 15.0 Å². The van der Waals surface area contributed by atoms with Gasteiger partial charge in [0.15, 0.2) is 0 Å². The van der Waals surface area contributed by atoms with Crippen molar-refractivity contribution in [2.24, 2.45) is 10.2 Å². The number of hydrogen-bond donors (Lipinski definition) is 0. The maximum Gasteiger partial charge on any atom is 0.454 e. The molecule has 0 aromatic carbocycles. The lowest BCUT2D eigenvalue weighted by atomic mass is 11.2. The van der Waals surface area contributed by atoms with Gasteiger partial charge in [-0.2, -0.15) is 0 Å². The Labute approximate surface area is 33.8 Å². The summed E-state index contributed by atoms with van der Waals surface area (Å²) in [6, 6.07) is 0. The fraction of sp³-hybridized carbons (Fsp3) is 0. The van der Waals surface area contributed by atoms with Gasteiger partial charge >= 0.3 is 6.09 Å². The summed E-state index contributed by atoms with van der Waals surface area (Å²) in [6.07, 6.45) is -0.644. The van der Waals surface area contributed by atoms with Gasteiger partial charge in [-0.25, -0.2) is 4.79 Å². The molecule has 0 aromatic rings. The molecule has 6 heavy (non-hydrogen) atoms. The molecule has 0 saturated heterocycles. The number of ether oxygens (including phenoxy) is 1. The third-order valence-corrected chi connectivity index (χ3v) is 0.340. The smallest absolute Gasteiger partial charge is 0.413 e. The van der Waals surface area contributed by atoms with Crippen LogP contribution in [0.3, 0.4) is 0 Å². The molecule has 31 valence electrons. The van der Waals surface area contributed by atoms with Gasteiger partial charge in [-0.1, -0.05) is 5.11 Å². The SMILES string of the molecule is O=C1N=N[CH]O1. The van der Waals surface area contributed by atoms with Gasteiger partial charge in [0.25, 0.3) is 6.73 Å². The van der Waals surface area contributed by atoms with Gasteiger partial charge in [0.05, 0.1) is 0 Å². The zero-order valence-electron chi connectivity index (χ0n) is 2.79. The van der Waals surface area contributed by atoms with E-state index in [-0.39, 0.29) is 0 Å². The molecule has 0 fully saturated rings. The zero-order valence-corrected chi connectivity index (χ0v) is 2.79. The van der Waals surface area contributed by atoms with E-state index < -0.39 is 6.09 Å². The molecule has 1 radical (unpaired) electrons. The summed E-state index contributed by atoms with van der Waals surface area (Å²) in [5, 5.41) is 6.04. The molecule has 0 atom stereocenters. The molecule has 0 spiro atoms. The second kappa shape index (κ2) is 1.04. The number of amides is 1. The highest BCUT2D eigenvalue weighted by Crippen LogP contribution is 1.98. The minimum atomic E-state index is -0.644. The van der Waals surface area contributed by atoms with Crippen molar-refractivity contribution in [1.82, 2.24) is 0 Å². The predicted octanol–water partition coefficient (Wildman–Crippen LogP) is 0.708. The molecule has 0 unspecified atom stereocenters. The van der Waals surface area contributed by atoms with Crippen LogP contribution >= 0.6 is 0 Å². The minimum absolute atomic E-state index is 0.644. The van der Waals surface area contributed by atoms with Gasteiger partial charge in [-0.3, -0.25) is 0 Å². The number of cyclic esters (lactones) is 1. The normalized spacial score (nSPS) is 18.3. The van der Waals surface area contributed by atoms with Crippen LogP contribution in [0.5, 0.6) is 0 Å². The second-order valence-electron chi connectivity index (χ2n) is 0.705. The molecule has 0 saturated carbocycles. The summed E-state index contributed by atoms with van der Waals surface area (Å²) < 4.78 is 4.06. The molecule has 0 N–H and O–H groups in total. The lowest BCUT2D eigenvalue weighted by molar-refractivity contribution is 0.194. The third-order valence-electron chi connectivity index (χ3n) is 0.340. The average molecular weight is 85.0 g/mol. The predicted molar refractivity (Wildman–Crippen MR) is 15.6 cm³/mol. The molecule has 1 aliphatic rings. The highest BCUT2D eigenvalue weighted by Gasteiger charge is 2.03. The van der Waals surface area contributed by atoms with Gasteiger partial charge in [0.2, 0.25) is 0 Å². The lowest BCUT2D eigenvalue weighted by Crippen LogP contribution is -1.82. The molecule has 1 rings (SSSR count). The van der Waals surface area contributed by atoms with Crippen molar-refractivity contribution >= 4 is 6.09 Å². The summed E-state index contributed by atoms with van der Waals surface area (Å²) in [5.41, 5.74) is 0. The molecule has 1 aliphatic heterocycles. The van der Waals surface area contributed by atoms with E-state index in [4.69, 9.17) is 0 Å². The van der Waals surface area contributed by atoms with Crippen molar-refractivity contribution < 1.29 is 9.53 Å². The Morgan fingerprint density at radius 2 is 2.67 bits per heavy atom. The Morgan fingerprint density at radius 1 is 1.83 bits per heavy atom. The first-order valence-electron chi connectivity index (χ1n) is 1.33. The largest absolute Gasteiger partial charge is 0.454 e. The van der Waals surface area contributed by atoms with Gasteiger partial charge in [-0.05, 0) is 0 Å². The van der Waals surface area contributed by atoms with Gasteiger partial charge < -0.3 is 4.74 Å². The minimum Gasteiger partial charge on any atom is -0.413 e. The molecule has 0 bridgehead atoms. The lowest BCUT2D eigenvalue weighted by Gasteiger charge is -1.74. The van der Waals surface area contributed by atoms with Crippen LogP contribution in [0, 0.1) is 6.73 Å². The monoisotopic (exact) mass is 85.0 g/mol. The zero-order chi connectivity index (χ0) is 4.41. The standard InChI is InChI=1S/C2HN2O2/c5-2-4-3-1-6-2/h1H. The van der Waals surface area contributed by atoms with Crippen molar-refractivity contribution in [3.63, 3.8) is 0 Å². The van der Waals surface area contributed by atoms with Crippen molar-refractivity contribution in [2.75, 3.05) is 0 Å². The maximum atomic E-state index is 9.73. The highest BCUT2D eigenvalue weighted by atomic mass is 16.6. The van der Waals surface area contributed by atoms with Crippen molar-refractivity contribution in [2.45, 2.75) is 0 Å². The van der Waals surface area contributed by atoms with E-state index in [1.807, 2.05) is 0 Å². The van der Waals surface area contributed by atoms with E-state index in [0.717, 1.165) is 6.73 Å². The fourth-order valence-corrected chi connectivity index (χ4v) is 0.163. The van der Waals surface area contributed by atoms with Crippen LogP contribution in [0.25, 0.3) is 0 Å². The molecule has 1 heterocycles. The summed E-state index contributed by atoms with van der Waals surface area (Å²) >= 11 is 0. The third kappa shape index (κ3) is 0.357. The Kier molecular flexibility index (Phi) is 0.567. The van der Waals surface area contributed by atoms with Crippen molar-refractivity contribution in [1.29, 1.82) is 0 Å². The number of rotatable bonds is 0. The van der Waals surface area contributed by atoms with Crippen LogP contribution in [0.4, 0.5) is 4.79 Å². The number of carbonyl (C=O) groups is 1.